The van der Waals surface area contributed by atoms with E-state index in [0.717, 1.165) is 11.4 Å². The summed E-state index contributed by atoms with van der Waals surface area (Å²) in [5, 5.41) is 7.52. The van der Waals surface area contributed by atoms with E-state index in [2.05, 4.69) is 10.4 Å². The quantitative estimate of drug-likeness (QED) is 0.898. The van der Waals surface area contributed by atoms with E-state index < -0.39 is 0 Å². The molecule has 0 spiro atoms. The molecule has 1 aliphatic rings. The monoisotopic (exact) mass is 370 g/mol. The van der Waals surface area contributed by atoms with Gasteiger partial charge in [0.25, 0.3) is 5.91 Å². The summed E-state index contributed by atoms with van der Waals surface area (Å²) in [6.45, 7) is 5.23. The summed E-state index contributed by atoms with van der Waals surface area (Å²) in [6, 6.07) is 8.12. The van der Waals surface area contributed by atoms with Crippen molar-refractivity contribution in [3.05, 3.63) is 47.3 Å². The van der Waals surface area contributed by atoms with Crippen molar-refractivity contribution in [2.45, 2.75) is 39.2 Å². The zero-order valence-electron chi connectivity index (χ0n) is 16.1. The molecule has 3 rings (SSSR count). The maximum atomic E-state index is 12.8. The molecule has 2 amide bonds. The number of methoxy groups -OCH3 is 1. The van der Waals surface area contributed by atoms with Crippen molar-refractivity contribution >= 4 is 12.0 Å². The molecule has 1 aromatic carbocycles. The highest BCUT2D eigenvalue weighted by atomic mass is 16.5. The number of likely N-dealkylation sites (tertiary alicyclic amines) is 1. The van der Waals surface area contributed by atoms with Crippen molar-refractivity contribution < 1.29 is 14.3 Å². The molecule has 0 bridgehead atoms. The SMILES string of the molecule is CCc1c(C(=O)NC2CCN(C(=O)OC)CC2)cnn1-c1ccc(C)cc1. The van der Waals surface area contributed by atoms with Crippen molar-refractivity contribution in [3.63, 3.8) is 0 Å². The molecule has 1 aromatic heterocycles. The molecule has 0 atom stereocenters. The van der Waals surface area contributed by atoms with Crippen LogP contribution in [0.25, 0.3) is 5.69 Å². The lowest BCUT2D eigenvalue weighted by Gasteiger charge is -2.31. The van der Waals surface area contributed by atoms with Crippen LogP contribution in [0.4, 0.5) is 4.79 Å². The number of piperidine rings is 1. The first-order valence-corrected chi connectivity index (χ1v) is 9.31. The van der Waals surface area contributed by atoms with Gasteiger partial charge in [0.05, 0.1) is 30.3 Å². The van der Waals surface area contributed by atoms with E-state index in [1.54, 1.807) is 11.1 Å². The Morgan fingerprint density at radius 2 is 1.89 bits per heavy atom. The van der Waals surface area contributed by atoms with E-state index in [1.807, 2.05) is 42.8 Å². The molecule has 144 valence electrons. The zero-order valence-corrected chi connectivity index (χ0v) is 16.1. The second kappa shape index (κ2) is 8.24. The number of rotatable bonds is 4. The van der Waals surface area contributed by atoms with Gasteiger partial charge in [-0.25, -0.2) is 9.48 Å². The molecule has 0 radical (unpaired) electrons. The van der Waals surface area contributed by atoms with Crippen LogP contribution < -0.4 is 5.32 Å². The van der Waals surface area contributed by atoms with Crippen molar-refractivity contribution in [3.8, 4) is 5.69 Å². The minimum absolute atomic E-state index is 0.0471. The minimum Gasteiger partial charge on any atom is -0.453 e. The van der Waals surface area contributed by atoms with Crippen LogP contribution in [0.15, 0.2) is 30.5 Å². The van der Waals surface area contributed by atoms with Crippen molar-refractivity contribution in [1.29, 1.82) is 0 Å². The van der Waals surface area contributed by atoms with Gasteiger partial charge in [0, 0.05) is 19.1 Å². The highest BCUT2D eigenvalue weighted by molar-refractivity contribution is 5.95. The lowest BCUT2D eigenvalue weighted by atomic mass is 10.0. The Balaban J connectivity index is 1.69. The number of nitrogens with zero attached hydrogens (tertiary/aromatic N) is 3. The van der Waals surface area contributed by atoms with Gasteiger partial charge in [-0.1, -0.05) is 24.6 Å². The molecule has 1 N–H and O–H groups in total. The van der Waals surface area contributed by atoms with E-state index in [9.17, 15) is 9.59 Å². The Morgan fingerprint density at radius 3 is 2.48 bits per heavy atom. The normalized spacial score (nSPS) is 14.9. The zero-order chi connectivity index (χ0) is 19.4. The van der Waals surface area contributed by atoms with Crippen LogP contribution in [0.2, 0.25) is 0 Å². The maximum Gasteiger partial charge on any atom is 0.409 e. The number of ether oxygens (including phenoxy) is 1. The molecule has 1 fully saturated rings. The number of benzene rings is 1. The van der Waals surface area contributed by atoms with Crippen LogP contribution in [-0.2, 0) is 11.2 Å². The topological polar surface area (TPSA) is 76.5 Å². The first-order valence-electron chi connectivity index (χ1n) is 9.31. The maximum absolute atomic E-state index is 12.8. The molecule has 7 nitrogen and oxygen atoms in total. The Hall–Kier alpha value is -2.83. The number of carbonyl (C=O) groups excluding carboxylic acids is 2. The third kappa shape index (κ3) is 4.13. The number of aryl methyl sites for hydroxylation is 1. The number of hydrogen-bond donors (Lipinski definition) is 1. The Kier molecular flexibility index (Phi) is 5.78. The van der Waals surface area contributed by atoms with Gasteiger partial charge in [-0.2, -0.15) is 5.10 Å². The predicted octanol–water partition coefficient (Wildman–Crippen LogP) is 2.70. The molecule has 2 aromatic rings. The van der Waals surface area contributed by atoms with Gasteiger partial charge in [-0.15, -0.1) is 0 Å². The Bertz CT molecular complexity index is 805. The van der Waals surface area contributed by atoms with Crippen LogP contribution in [0.3, 0.4) is 0 Å². The van der Waals surface area contributed by atoms with E-state index in [1.165, 1.54) is 12.7 Å². The predicted molar refractivity (Wildman–Crippen MR) is 102 cm³/mol. The Labute approximate surface area is 159 Å². The fraction of sp³-hybridized carbons (Fsp3) is 0.450. The lowest BCUT2D eigenvalue weighted by molar-refractivity contribution is 0.0891. The van der Waals surface area contributed by atoms with Crippen molar-refractivity contribution in [2.24, 2.45) is 0 Å². The smallest absolute Gasteiger partial charge is 0.409 e. The summed E-state index contributed by atoms with van der Waals surface area (Å²) in [6.07, 6.45) is 3.46. The molecule has 0 aliphatic carbocycles. The van der Waals surface area contributed by atoms with Crippen LogP contribution in [0.5, 0.6) is 0 Å². The Morgan fingerprint density at radius 1 is 1.22 bits per heavy atom. The average molecular weight is 370 g/mol. The molecular formula is C20H26N4O3. The summed E-state index contributed by atoms with van der Waals surface area (Å²) >= 11 is 0. The number of hydrogen-bond acceptors (Lipinski definition) is 4. The highest BCUT2D eigenvalue weighted by Crippen LogP contribution is 2.18. The third-order valence-corrected chi connectivity index (χ3v) is 4.99. The molecule has 0 unspecified atom stereocenters. The first kappa shape index (κ1) is 18.9. The molecule has 27 heavy (non-hydrogen) atoms. The van der Waals surface area contributed by atoms with Gasteiger partial charge < -0.3 is 15.0 Å². The number of aromatic nitrogens is 2. The van der Waals surface area contributed by atoms with Crippen molar-refractivity contribution in [1.82, 2.24) is 20.0 Å². The number of amides is 2. The van der Waals surface area contributed by atoms with Crippen LogP contribution >= 0.6 is 0 Å². The average Bonchev–Trinajstić information content (AvgIpc) is 3.12. The molecule has 7 heteroatoms. The van der Waals surface area contributed by atoms with Gasteiger partial charge in [0.15, 0.2) is 0 Å². The van der Waals surface area contributed by atoms with Gasteiger partial charge in [0.1, 0.15) is 0 Å². The third-order valence-electron chi connectivity index (χ3n) is 4.99. The molecule has 1 aliphatic heterocycles. The summed E-state index contributed by atoms with van der Waals surface area (Å²) in [4.78, 5) is 26.0. The van der Waals surface area contributed by atoms with Crippen LogP contribution in [0.1, 0.15) is 41.4 Å². The van der Waals surface area contributed by atoms with Crippen LogP contribution in [-0.4, -0.2) is 52.9 Å². The second-order valence-electron chi connectivity index (χ2n) is 6.81. The number of nitrogens with one attached hydrogen (secondary N) is 1. The van der Waals surface area contributed by atoms with Crippen molar-refractivity contribution in [2.75, 3.05) is 20.2 Å². The van der Waals surface area contributed by atoms with Crippen LogP contribution in [0, 0.1) is 6.92 Å². The highest BCUT2D eigenvalue weighted by Gasteiger charge is 2.26. The lowest BCUT2D eigenvalue weighted by Crippen LogP contribution is -2.46. The van der Waals surface area contributed by atoms with E-state index in [-0.39, 0.29) is 18.0 Å². The van der Waals surface area contributed by atoms with E-state index >= 15 is 0 Å². The molecular weight excluding hydrogens is 344 g/mol. The molecule has 1 saturated heterocycles. The fourth-order valence-electron chi connectivity index (χ4n) is 3.41. The largest absolute Gasteiger partial charge is 0.453 e. The minimum atomic E-state index is -0.313. The molecule has 0 saturated carbocycles. The van der Waals surface area contributed by atoms with Gasteiger partial charge in [0.2, 0.25) is 0 Å². The van der Waals surface area contributed by atoms with Gasteiger partial charge in [-0.05, 0) is 38.3 Å². The fourth-order valence-corrected chi connectivity index (χ4v) is 3.41. The van der Waals surface area contributed by atoms with Gasteiger partial charge in [-0.3, -0.25) is 4.79 Å². The number of carbonyl (C=O) groups is 2. The van der Waals surface area contributed by atoms with Gasteiger partial charge >= 0.3 is 6.09 Å². The first-order chi connectivity index (χ1) is 13.0. The van der Waals surface area contributed by atoms with E-state index in [0.29, 0.717) is 37.9 Å². The summed E-state index contributed by atoms with van der Waals surface area (Å²) in [5.74, 6) is -0.110. The summed E-state index contributed by atoms with van der Waals surface area (Å²) in [7, 11) is 1.38. The van der Waals surface area contributed by atoms with E-state index in [4.69, 9.17) is 4.74 Å². The standard InChI is InChI=1S/C20H26N4O3/c1-4-18-17(13-21-24(18)16-7-5-14(2)6-8-16)19(25)22-15-9-11-23(12-10-15)20(26)27-3/h5-8,13,15H,4,9-12H2,1-3H3,(H,22,25). The second-order valence-corrected chi connectivity index (χ2v) is 6.81. The summed E-state index contributed by atoms with van der Waals surface area (Å²) in [5.41, 5.74) is 3.62. The summed E-state index contributed by atoms with van der Waals surface area (Å²) < 4.78 is 6.57. The molecule has 2 heterocycles.